The summed E-state index contributed by atoms with van der Waals surface area (Å²) in [6.45, 7) is 60.2. The molecule has 0 aromatic heterocycles. The predicted octanol–water partition coefficient (Wildman–Crippen LogP) is 28.1. The molecule has 0 aromatic carbocycles. The number of carboxylic acids is 1. The average molecular weight is 1690 g/mol. The lowest BCUT2D eigenvalue weighted by Gasteiger charge is -2.29. The zero-order valence-electron chi connectivity index (χ0n) is 67.5. The van der Waals surface area contributed by atoms with E-state index in [2.05, 4.69) is 180 Å². The first-order chi connectivity index (χ1) is 46.5. The number of hydrogen-bond donors (Lipinski definition) is 1. The van der Waals surface area contributed by atoms with Crippen LogP contribution in [0.4, 0.5) is 0 Å². The highest BCUT2D eigenvalue weighted by Crippen LogP contribution is 2.66. The number of carbonyl (C=O) groups is 1. The van der Waals surface area contributed by atoms with Crippen molar-refractivity contribution in [2.75, 3.05) is 40.3 Å². The van der Waals surface area contributed by atoms with E-state index in [-0.39, 0.29) is 85.1 Å². The first kappa shape index (κ1) is 104. The Morgan fingerprint density at radius 2 is 0.440 bits per heavy atom. The minimum atomic E-state index is -3.93. The molecule has 0 saturated carbocycles. The van der Waals surface area contributed by atoms with Gasteiger partial charge in [-0.3, -0.25) is 13.8 Å². The first-order valence-electron chi connectivity index (χ1n) is 36.9. The van der Waals surface area contributed by atoms with E-state index in [4.69, 9.17) is 63.3 Å². The first-order valence-corrected chi connectivity index (χ1v) is 56.7. The fraction of sp³-hybridized carbons (Fsp3) is 0.986. The van der Waals surface area contributed by atoms with Gasteiger partial charge in [0.05, 0.1) is 91.9 Å². The molecule has 17 nitrogen and oxygen atoms in total. The van der Waals surface area contributed by atoms with Crippen molar-refractivity contribution in [3.05, 3.63) is 0 Å². The summed E-state index contributed by atoms with van der Waals surface area (Å²) in [5, 5.41) is 9.79. The van der Waals surface area contributed by atoms with Gasteiger partial charge in [-0.25, -0.2) is 4.57 Å². The van der Waals surface area contributed by atoms with Crippen LogP contribution in [0.5, 0.6) is 0 Å². The second kappa shape index (κ2) is 59.8. The van der Waals surface area contributed by atoms with Gasteiger partial charge in [0.25, 0.3) is 0 Å². The Morgan fingerprint density at radius 3 is 0.630 bits per heavy atom. The molecule has 0 aliphatic rings. The van der Waals surface area contributed by atoms with Crippen LogP contribution in [0.1, 0.15) is 265 Å². The zero-order valence-corrected chi connectivity index (χ0v) is 79.5. The Bertz CT molecular complexity index is 1870. The van der Waals surface area contributed by atoms with Crippen LogP contribution in [0.3, 0.4) is 0 Å². The van der Waals surface area contributed by atoms with Gasteiger partial charge in [-0.05, 0) is 207 Å². The van der Waals surface area contributed by atoms with E-state index < -0.39 is 76.5 Å². The largest absolute Gasteiger partial charge is 0.481 e. The maximum atomic E-state index is 15.5. The van der Waals surface area contributed by atoms with Crippen LogP contribution in [0.2, 0.25) is 0 Å². The smallest absolute Gasteiger partial charge is 0.389 e. The molecule has 0 saturated heterocycles. The third-order valence-corrected chi connectivity index (χ3v) is 38.2. The van der Waals surface area contributed by atoms with Gasteiger partial charge in [-0.2, -0.15) is 0 Å². The third kappa shape index (κ3) is 60.8. The Morgan fingerprint density at radius 1 is 0.270 bits per heavy atom. The van der Waals surface area contributed by atoms with Crippen molar-refractivity contribution in [2.24, 2.45) is 47.3 Å². The fourth-order valence-corrected chi connectivity index (χ4v) is 35.7. The lowest BCUT2D eigenvalue weighted by atomic mass is 10.1. The Kier molecular flexibility index (Phi) is 62.3. The lowest BCUT2D eigenvalue weighted by molar-refractivity contribution is -0.136. The maximum Gasteiger partial charge on any atom is 0.389 e. The quantitative estimate of drug-likeness (QED) is 0.0567. The van der Waals surface area contributed by atoms with Crippen LogP contribution in [0, 0.1) is 47.3 Å². The normalized spacial score (nSPS) is 19.5. The summed E-state index contributed by atoms with van der Waals surface area (Å²) in [5.41, 5.74) is 0. The van der Waals surface area contributed by atoms with Crippen LogP contribution in [-0.2, 0) is 72.7 Å². The molecule has 600 valence electrons. The summed E-state index contributed by atoms with van der Waals surface area (Å²) in [6.07, 6.45) is 5.14. The highest BCUT2D eigenvalue weighted by molar-refractivity contribution is 8.55. The summed E-state index contributed by atoms with van der Waals surface area (Å²) in [5.74, 6) is 6.09. The molecule has 0 radical (unpaired) electrons. The van der Waals surface area contributed by atoms with Crippen molar-refractivity contribution in [3.63, 3.8) is 0 Å². The Balaban J connectivity index is 7.11. The van der Waals surface area contributed by atoms with Gasteiger partial charge in [-0.15, -0.1) is 0 Å². The molecular weight excluding hydrogens is 1540 g/mol. The van der Waals surface area contributed by atoms with Gasteiger partial charge in [0, 0.05) is 40.3 Å². The van der Waals surface area contributed by atoms with E-state index in [1.807, 2.05) is 27.7 Å². The third-order valence-electron chi connectivity index (χ3n) is 13.3. The molecule has 1 N–H and O–H groups in total. The average Bonchev–Trinajstić information content (AvgIpc) is 0.860. The van der Waals surface area contributed by atoms with Crippen molar-refractivity contribution in [1.82, 2.24) is 0 Å². The van der Waals surface area contributed by atoms with Crippen molar-refractivity contribution >= 4 is 138 Å². The minimum absolute atomic E-state index is 0.00233. The summed E-state index contributed by atoms with van der Waals surface area (Å²) in [6, 6.07) is 0. The van der Waals surface area contributed by atoms with Gasteiger partial charge in [0.15, 0.2) is 0 Å². The molecule has 0 amide bonds. The highest BCUT2D eigenvalue weighted by Gasteiger charge is 2.36. The van der Waals surface area contributed by atoms with Crippen molar-refractivity contribution in [3.8, 4) is 0 Å². The maximum absolute atomic E-state index is 15.5. The summed E-state index contributed by atoms with van der Waals surface area (Å²) in [7, 11) is -8.46. The number of carboxylic acid groups (broad SMARTS) is 1. The SMILES string of the molecule is CC(C)CC(C)OP(OC(C)CC(C)C)SCC(C)OP(OC(C)CSP(OC(C)CC(C)C)OC(C)CC(C)C)SCC(C)OP(OC(C)CSP(=O)(OC(C)CSP(OC(C)CC(C)C)OC(C)CC(C)C)OC(C)CSP(OC(C)CC(C)C)OC(C)CC(C)C)SCCC(=O)O. The molecule has 0 fully saturated rings. The van der Waals surface area contributed by atoms with E-state index >= 15 is 4.57 Å². The van der Waals surface area contributed by atoms with Crippen LogP contribution >= 0.6 is 132 Å². The second-order valence-electron chi connectivity index (χ2n) is 30.4. The Hall–Kier alpha value is 4.17. The van der Waals surface area contributed by atoms with Crippen LogP contribution in [0.15, 0.2) is 0 Å². The number of hydrogen-bond acceptors (Lipinski definition) is 23. The molecule has 0 bridgehead atoms. The van der Waals surface area contributed by atoms with E-state index in [9.17, 15) is 9.90 Å². The molecule has 15 atom stereocenters. The van der Waals surface area contributed by atoms with E-state index in [1.54, 1.807) is 56.9 Å². The van der Waals surface area contributed by atoms with E-state index in [0.29, 0.717) is 76.1 Å². The Labute approximate surface area is 649 Å². The zero-order chi connectivity index (χ0) is 76.4. The highest BCUT2D eigenvalue weighted by atomic mass is 32.7. The molecule has 0 aromatic rings. The van der Waals surface area contributed by atoms with Crippen molar-refractivity contribution < 1.29 is 77.8 Å². The van der Waals surface area contributed by atoms with Crippen LogP contribution in [-0.4, -0.2) is 137 Å². The van der Waals surface area contributed by atoms with Gasteiger partial charge >= 0.3 is 12.8 Å². The summed E-state index contributed by atoms with van der Waals surface area (Å²) in [4.78, 5) is 11.9. The van der Waals surface area contributed by atoms with Crippen LogP contribution < -0.4 is 0 Å². The van der Waals surface area contributed by atoms with Gasteiger partial charge < -0.3 is 59.4 Å². The lowest BCUT2D eigenvalue weighted by Crippen LogP contribution is -2.18. The predicted molar refractivity (Wildman–Crippen MR) is 452 cm³/mol. The standard InChI is InChI=1S/C69H145O17P7S7/c1-47(2)33-55(17)73-88(74-56(18)34-48(3)4)95-42-64(26)82-92(83-65(27)43-96-89(75-57(19)35-49(5)6)76-58(20)36-50(7)8)97-41-63(25)81-87(94-32-31-69(70)71)84-66(28)46-100-93(72,85-67(29)44-98-90(77-59(21)37-51(9)10)78-60(22)38-52(11)12)86-68(30)45-99-91(79-61(23)39-53(13)14)80-62(24)40-54(15)16/h47-68H,31-46H2,1-30H3,(H,70,71). The fourth-order valence-electron chi connectivity index (χ4n) is 9.87. The molecule has 0 aliphatic heterocycles. The molecule has 0 spiro atoms. The molecule has 0 rings (SSSR count). The van der Waals surface area contributed by atoms with Gasteiger partial charge in [-0.1, -0.05) is 179 Å². The van der Waals surface area contributed by atoms with Gasteiger partial charge in [0.1, 0.15) is 0 Å². The van der Waals surface area contributed by atoms with Crippen molar-refractivity contribution in [1.29, 1.82) is 0 Å². The molecule has 31 heteroatoms. The minimum Gasteiger partial charge on any atom is -0.481 e. The number of rotatable bonds is 66. The molecule has 15 unspecified atom stereocenters. The number of aliphatic carboxylic acids is 1. The molecule has 100 heavy (non-hydrogen) atoms. The van der Waals surface area contributed by atoms with Crippen molar-refractivity contribution in [2.45, 2.75) is 351 Å². The molecular formula is C69H145O17P7S7. The van der Waals surface area contributed by atoms with E-state index in [1.165, 1.54) is 11.4 Å². The van der Waals surface area contributed by atoms with E-state index in [0.717, 1.165) is 62.7 Å². The van der Waals surface area contributed by atoms with Crippen LogP contribution in [0.25, 0.3) is 0 Å². The summed E-state index contributed by atoms with van der Waals surface area (Å²) >= 11 is 10.5. The summed E-state index contributed by atoms with van der Waals surface area (Å²) < 4.78 is 109. The molecule has 0 aliphatic carbocycles. The molecule has 0 heterocycles. The monoisotopic (exact) mass is 1690 g/mol. The topological polar surface area (TPSA) is 184 Å². The van der Waals surface area contributed by atoms with Gasteiger partial charge in [0.2, 0.25) is 45.5 Å². The second-order valence-corrected chi connectivity index (χ2v) is 53.3.